The first-order valence-electron chi connectivity index (χ1n) is 14.1. The number of alkyl halides is 3. The zero-order chi connectivity index (χ0) is 32.7. The number of hydrogen-bond donors (Lipinski definition) is 4. The van der Waals surface area contributed by atoms with Crippen molar-refractivity contribution in [1.82, 2.24) is 15.3 Å². The Balaban J connectivity index is 1.44. The number of hydrogen-bond acceptors (Lipinski definition) is 9. The van der Waals surface area contributed by atoms with Crippen LogP contribution in [0.5, 0.6) is 5.88 Å². The Morgan fingerprint density at radius 1 is 1.20 bits per heavy atom. The van der Waals surface area contributed by atoms with Gasteiger partial charge in [0.05, 0.1) is 4.90 Å². The molecular formula is C29H32ClF3N6O5S. The number of nitrogens with zero attached hydrogens (tertiary/aromatic N) is 3. The SMILES string of the molecule is CCC1NC(C(=O)O)CC12CCN(c1cc(O[C@H](c3ccc(Cl)cc3-c3cccc(S(N)(=O)=O)c3)C(F)(F)F)nc(N)n1)CC2. The lowest BCUT2D eigenvalue weighted by atomic mass is 9.71. The van der Waals surface area contributed by atoms with Crippen LogP contribution < -0.4 is 25.8 Å². The highest BCUT2D eigenvalue weighted by Gasteiger charge is 2.50. The fourth-order valence-corrected chi connectivity index (χ4v) is 7.13. The number of carbonyl (C=O) groups is 1. The first kappa shape index (κ1) is 32.7. The van der Waals surface area contributed by atoms with Crippen molar-refractivity contribution in [2.24, 2.45) is 10.6 Å². The minimum atomic E-state index is -4.94. The third-order valence-electron chi connectivity index (χ3n) is 8.56. The van der Waals surface area contributed by atoms with Crippen molar-refractivity contribution in [2.75, 3.05) is 23.7 Å². The fraction of sp³-hybridized carbons (Fsp3) is 0.414. The van der Waals surface area contributed by atoms with Crippen LogP contribution >= 0.6 is 11.6 Å². The molecule has 3 heterocycles. The molecule has 3 aromatic rings. The monoisotopic (exact) mass is 668 g/mol. The van der Waals surface area contributed by atoms with Gasteiger partial charge in [-0.1, -0.05) is 36.7 Å². The number of sulfonamides is 1. The van der Waals surface area contributed by atoms with E-state index in [2.05, 4.69) is 15.3 Å². The number of nitrogens with two attached hydrogens (primary N) is 2. The van der Waals surface area contributed by atoms with E-state index in [-0.39, 0.29) is 49.8 Å². The molecule has 2 saturated heterocycles. The molecule has 2 aliphatic rings. The van der Waals surface area contributed by atoms with Gasteiger partial charge >= 0.3 is 12.1 Å². The molecule has 0 radical (unpaired) electrons. The van der Waals surface area contributed by atoms with Crippen LogP contribution in [-0.4, -0.2) is 60.8 Å². The molecule has 0 bridgehead atoms. The minimum absolute atomic E-state index is 0.0192. The second-order valence-electron chi connectivity index (χ2n) is 11.3. The van der Waals surface area contributed by atoms with Crippen LogP contribution in [0.25, 0.3) is 11.1 Å². The number of nitrogen functional groups attached to an aromatic ring is 1. The van der Waals surface area contributed by atoms with Gasteiger partial charge in [0.25, 0.3) is 0 Å². The van der Waals surface area contributed by atoms with E-state index < -0.39 is 40.2 Å². The van der Waals surface area contributed by atoms with Crippen molar-refractivity contribution >= 4 is 39.4 Å². The first-order chi connectivity index (χ1) is 21.1. The van der Waals surface area contributed by atoms with Crippen LogP contribution in [0, 0.1) is 5.41 Å². The van der Waals surface area contributed by atoms with E-state index in [9.17, 15) is 31.5 Å². The Hall–Kier alpha value is -3.66. The number of piperidine rings is 1. The Labute approximate surface area is 262 Å². The van der Waals surface area contributed by atoms with E-state index in [0.717, 1.165) is 18.6 Å². The first-order valence-corrected chi connectivity index (χ1v) is 16.1. The number of ether oxygens (including phenoxy) is 1. The molecule has 2 aliphatic heterocycles. The van der Waals surface area contributed by atoms with Crippen LogP contribution in [0.1, 0.15) is 44.3 Å². The quantitative estimate of drug-likeness (QED) is 0.267. The summed E-state index contributed by atoms with van der Waals surface area (Å²) in [5.41, 5.74) is 5.47. The maximum absolute atomic E-state index is 14.6. The standard InChI is InChI=1S/C29H32ClF3N6O5S/c1-2-22-28(15-21(36-22)26(40)41)8-10-39(11-9-28)23-14-24(38-27(34)37-23)44-25(29(31,32)33)19-7-6-17(30)13-20(19)16-4-3-5-18(12-16)45(35,42)43/h3-7,12-14,21-22,25,36H,2,8-11,15H2,1H3,(H,40,41)(H2,34,37,38)(H2,35,42,43)/t21?,22?,25-/m1/s1. The third-order valence-corrected chi connectivity index (χ3v) is 9.70. The second-order valence-corrected chi connectivity index (χ2v) is 13.3. The van der Waals surface area contributed by atoms with Gasteiger partial charge in [-0.3, -0.25) is 4.79 Å². The van der Waals surface area contributed by atoms with E-state index in [1.165, 1.54) is 36.4 Å². The summed E-state index contributed by atoms with van der Waals surface area (Å²) in [4.78, 5) is 21.4. The minimum Gasteiger partial charge on any atom is -0.480 e. The lowest BCUT2D eigenvalue weighted by Gasteiger charge is -2.43. The highest BCUT2D eigenvalue weighted by molar-refractivity contribution is 7.89. The van der Waals surface area contributed by atoms with Crippen LogP contribution in [0.3, 0.4) is 0 Å². The van der Waals surface area contributed by atoms with E-state index in [1.807, 2.05) is 11.8 Å². The number of rotatable bonds is 8. The number of aromatic nitrogens is 2. The van der Waals surface area contributed by atoms with E-state index in [4.69, 9.17) is 27.2 Å². The van der Waals surface area contributed by atoms with Gasteiger partial charge in [-0.05, 0) is 66.5 Å². The van der Waals surface area contributed by atoms with Gasteiger partial charge < -0.3 is 25.8 Å². The Bertz CT molecular complexity index is 1700. The highest BCUT2D eigenvalue weighted by Crippen LogP contribution is 2.46. The van der Waals surface area contributed by atoms with Crippen LogP contribution in [0.4, 0.5) is 24.9 Å². The zero-order valence-electron chi connectivity index (χ0n) is 24.1. The number of benzene rings is 2. The van der Waals surface area contributed by atoms with Gasteiger partial charge in [0.15, 0.2) is 0 Å². The van der Waals surface area contributed by atoms with Crippen LogP contribution in [0.15, 0.2) is 53.4 Å². The highest BCUT2D eigenvalue weighted by atomic mass is 35.5. The lowest BCUT2D eigenvalue weighted by molar-refractivity contribution is -0.198. The molecule has 3 atom stereocenters. The normalized spacial score (nSPS) is 20.7. The molecule has 45 heavy (non-hydrogen) atoms. The second kappa shape index (κ2) is 12.3. The summed E-state index contributed by atoms with van der Waals surface area (Å²) < 4.78 is 73.3. The largest absolute Gasteiger partial charge is 0.480 e. The summed E-state index contributed by atoms with van der Waals surface area (Å²) in [6, 6.07) is 9.56. The molecule has 0 amide bonds. The number of anilines is 2. The predicted molar refractivity (Wildman–Crippen MR) is 161 cm³/mol. The van der Waals surface area contributed by atoms with Crippen molar-refractivity contribution in [2.45, 2.75) is 61.9 Å². The molecule has 1 aromatic heterocycles. The van der Waals surface area contributed by atoms with Gasteiger partial charge in [0.2, 0.25) is 28.0 Å². The zero-order valence-corrected chi connectivity index (χ0v) is 25.7. The molecule has 1 spiro atoms. The van der Waals surface area contributed by atoms with E-state index >= 15 is 0 Å². The molecule has 2 aromatic carbocycles. The summed E-state index contributed by atoms with van der Waals surface area (Å²) in [5, 5.41) is 18.1. The smallest absolute Gasteiger partial charge is 0.429 e. The predicted octanol–water partition coefficient (Wildman–Crippen LogP) is 4.52. The molecule has 6 N–H and O–H groups in total. The average molecular weight is 669 g/mol. The maximum atomic E-state index is 14.6. The summed E-state index contributed by atoms with van der Waals surface area (Å²) in [6.07, 6.45) is -4.93. The molecule has 2 fully saturated rings. The summed E-state index contributed by atoms with van der Waals surface area (Å²) in [6.45, 7) is 2.96. The van der Waals surface area contributed by atoms with Crippen LogP contribution in [0.2, 0.25) is 5.02 Å². The molecule has 0 aliphatic carbocycles. The fourth-order valence-electron chi connectivity index (χ4n) is 6.40. The summed E-state index contributed by atoms with van der Waals surface area (Å²) >= 11 is 6.15. The van der Waals surface area contributed by atoms with Gasteiger partial charge in [0, 0.05) is 35.8 Å². The molecule has 5 rings (SSSR count). The summed E-state index contributed by atoms with van der Waals surface area (Å²) in [5.74, 6) is -1.32. The molecule has 242 valence electrons. The van der Waals surface area contributed by atoms with Crippen LogP contribution in [-0.2, 0) is 14.8 Å². The lowest BCUT2D eigenvalue weighted by Crippen LogP contribution is -2.46. The average Bonchev–Trinajstić information content (AvgIpc) is 3.33. The Kier molecular flexibility index (Phi) is 8.92. The number of carboxylic acid groups (broad SMARTS) is 1. The molecule has 11 nitrogen and oxygen atoms in total. The Morgan fingerprint density at radius 2 is 1.91 bits per heavy atom. The molecule has 2 unspecified atom stereocenters. The number of carboxylic acids is 1. The number of nitrogens with one attached hydrogen (secondary N) is 1. The van der Waals surface area contributed by atoms with Crippen molar-refractivity contribution in [3.05, 3.63) is 59.1 Å². The van der Waals surface area contributed by atoms with Crippen molar-refractivity contribution < 1.29 is 36.2 Å². The molecular weight excluding hydrogens is 637 g/mol. The number of aliphatic carboxylic acids is 1. The molecule has 0 saturated carbocycles. The summed E-state index contributed by atoms with van der Waals surface area (Å²) in [7, 11) is -4.14. The Morgan fingerprint density at radius 3 is 2.53 bits per heavy atom. The van der Waals surface area contributed by atoms with E-state index in [0.29, 0.717) is 32.4 Å². The number of primary sulfonamides is 1. The number of halogens is 4. The van der Waals surface area contributed by atoms with Gasteiger partial charge in [-0.2, -0.15) is 23.1 Å². The molecule has 16 heteroatoms. The van der Waals surface area contributed by atoms with Gasteiger partial charge in [-0.25, -0.2) is 13.6 Å². The van der Waals surface area contributed by atoms with Crippen molar-refractivity contribution in [3.63, 3.8) is 0 Å². The maximum Gasteiger partial charge on any atom is 0.429 e. The third kappa shape index (κ3) is 6.95. The van der Waals surface area contributed by atoms with Crippen molar-refractivity contribution in [3.8, 4) is 17.0 Å². The van der Waals surface area contributed by atoms with E-state index in [1.54, 1.807) is 0 Å². The van der Waals surface area contributed by atoms with Gasteiger partial charge in [0.1, 0.15) is 11.9 Å². The van der Waals surface area contributed by atoms with Gasteiger partial charge in [-0.15, -0.1) is 0 Å². The van der Waals surface area contributed by atoms with Crippen molar-refractivity contribution in [1.29, 1.82) is 0 Å². The topological polar surface area (TPSA) is 174 Å².